The van der Waals surface area contributed by atoms with E-state index >= 15 is 0 Å². The molecule has 2 aromatic rings. The lowest BCUT2D eigenvalue weighted by atomic mass is 10.2. The van der Waals surface area contributed by atoms with Crippen LogP contribution in [-0.2, 0) is 9.53 Å². The van der Waals surface area contributed by atoms with Gasteiger partial charge < -0.3 is 9.15 Å². The molecule has 0 aliphatic rings. The van der Waals surface area contributed by atoms with E-state index in [-0.39, 0.29) is 11.9 Å². The minimum Gasteiger partial charge on any atom is -0.466 e. The van der Waals surface area contributed by atoms with Crippen molar-refractivity contribution in [2.75, 3.05) is 12.4 Å². The van der Waals surface area contributed by atoms with E-state index in [1.165, 1.54) is 11.8 Å². The molecule has 2 rings (SSSR count). The number of oxazole rings is 1. The molecule has 0 aliphatic carbocycles. The van der Waals surface area contributed by atoms with Gasteiger partial charge in [0, 0.05) is 5.75 Å². The Morgan fingerprint density at radius 3 is 3.00 bits per heavy atom. The van der Waals surface area contributed by atoms with Crippen LogP contribution in [0.2, 0.25) is 0 Å². The monoisotopic (exact) mass is 265 g/mol. The number of nitrogens with zero attached hydrogens (tertiary/aromatic N) is 1. The second-order valence-corrected chi connectivity index (χ2v) is 4.88. The molecular formula is C13H15NO3S. The van der Waals surface area contributed by atoms with Gasteiger partial charge in [0.05, 0.1) is 12.5 Å². The van der Waals surface area contributed by atoms with Crippen LogP contribution in [0.25, 0.3) is 11.1 Å². The Labute approximate surface area is 110 Å². The molecule has 0 saturated carbocycles. The second-order valence-electron chi connectivity index (χ2n) is 3.91. The molecule has 1 aromatic carbocycles. The van der Waals surface area contributed by atoms with Crippen LogP contribution >= 0.6 is 11.8 Å². The van der Waals surface area contributed by atoms with Crippen LogP contribution in [0.4, 0.5) is 0 Å². The first-order chi connectivity index (χ1) is 8.70. The Bertz CT molecular complexity index is 505. The highest BCUT2D eigenvalue weighted by molar-refractivity contribution is 7.99. The summed E-state index contributed by atoms with van der Waals surface area (Å²) in [5.41, 5.74) is 1.60. The van der Waals surface area contributed by atoms with Gasteiger partial charge in [0.2, 0.25) is 0 Å². The average Bonchev–Trinajstić information content (AvgIpc) is 2.78. The highest BCUT2D eigenvalue weighted by Crippen LogP contribution is 2.24. The number of hydrogen-bond donors (Lipinski definition) is 0. The normalized spacial score (nSPS) is 12.6. The van der Waals surface area contributed by atoms with Gasteiger partial charge in [0.1, 0.15) is 5.52 Å². The molecule has 0 N–H and O–H groups in total. The molecule has 4 nitrogen and oxygen atoms in total. The van der Waals surface area contributed by atoms with Crippen molar-refractivity contribution in [2.24, 2.45) is 5.92 Å². The van der Waals surface area contributed by atoms with Crippen LogP contribution < -0.4 is 0 Å². The van der Waals surface area contributed by atoms with Gasteiger partial charge in [-0.05, 0) is 19.1 Å². The molecule has 18 heavy (non-hydrogen) atoms. The molecule has 0 fully saturated rings. The topological polar surface area (TPSA) is 52.3 Å². The maximum Gasteiger partial charge on any atom is 0.309 e. The number of thioether (sulfide) groups is 1. The van der Waals surface area contributed by atoms with Crippen molar-refractivity contribution in [3.63, 3.8) is 0 Å². The minimum absolute atomic E-state index is 0.162. The fraction of sp³-hybridized carbons (Fsp3) is 0.385. The highest BCUT2D eigenvalue weighted by Gasteiger charge is 2.16. The largest absolute Gasteiger partial charge is 0.466 e. The van der Waals surface area contributed by atoms with E-state index in [0.29, 0.717) is 17.6 Å². The number of carbonyl (C=O) groups is 1. The lowest BCUT2D eigenvalue weighted by molar-refractivity contribution is -0.146. The third kappa shape index (κ3) is 3.04. The molecule has 5 heteroatoms. The van der Waals surface area contributed by atoms with E-state index in [2.05, 4.69) is 4.98 Å². The van der Waals surface area contributed by atoms with E-state index in [1.54, 1.807) is 6.92 Å². The third-order valence-electron chi connectivity index (χ3n) is 2.42. The highest BCUT2D eigenvalue weighted by atomic mass is 32.2. The number of esters is 1. The molecule has 0 aliphatic heterocycles. The lowest BCUT2D eigenvalue weighted by Gasteiger charge is -2.07. The van der Waals surface area contributed by atoms with Crippen LogP contribution in [0.1, 0.15) is 13.8 Å². The fourth-order valence-corrected chi connectivity index (χ4v) is 2.30. The Morgan fingerprint density at radius 1 is 1.50 bits per heavy atom. The van der Waals surface area contributed by atoms with Gasteiger partial charge >= 0.3 is 5.97 Å². The second kappa shape index (κ2) is 5.91. The van der Waals surface area contributed by atoms with Crippen molar-refractivity contribution in [1.82, 2.24) is 4.98 Å². The summed E-state index contributed by atoms with van der Waals surface area (Å²) in [5.74, 6) is 0.261. The van der Waals surface area contributed by atoms with Gasteiger partial charge in [-0.15, -0.1) is 0 Å². The van der Waals surface area contributed by atoms with Crippen LogP contribution in [0, 0.1) is 5.92 Å². The summed E-state index contributed by atoms with van der Waals surface area (Å²) in [6, 6.07) is 7.60. The van der Waals surface area contributed by atoms with Crippen LogP contribution in [0.5, 0.6) is 0 Å². The summed E-state index contributed by atoms with van der Waals surface area (Å²) < 4.78 is 10.5. The minimum atomic E-state index is -0.180. The van der Waals surface area contributed by atoms with E-state index < -0.39 is 0 Å². The number of benzene rings is 1. The molecule has 1 unspecified atom stereocenters. The first-order valence-electron chi connectivity index (χ1n) is 5.85. The average molecular weight is 265 g/mol. The van der Waals surface area contributed by atoms with Crippen molar-refractivity contribution in [1.29, 1.82) is 0 Å². The predicted octanol–water partition coefficient (Wildman–Crippen LogP) is 3.12. The van der Waals surface area contributed by atoms with E-state index in [1.807, 2.05) is 31.2 Å². The van der Waals surface area contributed by atoms with Crippen LogP contribution in [0.3, 0.4) is 0 Å². The number of carbonyl (C=O) groups excluding carboxylic acids is 1. The molecule has 0 amide bonds. The van der Waals surface area contributed by atoms with Gasteiger partial charge in [-0.3, -0.25) is 4.79 Å². The Morgan fingerprint density at radius 2 is 2.28 bits per heavy atom. The fourth-order valence-electron chi connectivity index (χ4n) is 1.46. The zero-order valence-electron chi connectivity index (χ0n) is 10.4. The zero-order chi connectivity index (χ0) is 13.0. The van der Waals surface area contributed by atoms with Gasteiger partial charge in [0.15, 0.2) is 5.58 Å². The van der Waals surface area contributed by atoms with Crippen molar-refractivity contribution < 1.29 is 13.9 Å². The molecule has 0 saturated heterocycles. The first kappa shape index (κ1) is 13.0. The van der Waals surface area contributed by atoms with Gasteiger partial charge in [-0.2, -0.15) is 0 Å². The SMILES string of the molecule is CCOC(=O)C(C)CSc1nc2ccccc2o1. The van der Waals surface area contributed by atoms with Gasteiger partial charge in [-0.25, -0.2) is 4.98 Å². The maximum atomic E-state index is 11.4. The van der Waals surface area contributed by atoms with Gasteiger partial charge in [0.25, 0.3) is 5.22 Å². The molecule has 0 bridgehead atoms. The summed E-state index contributed by atoms with van der Waals surface area (Å²) in [7, 11) is 0. The van der Waals surface area contributed by atoms with Gasteiger partial charge in [-0.1, -0.05) is 30.8 Å². The van der Waals surface area contributed by atoms with E-state index in [4.69, 9.17) is 9.15 Å². The predicted molar refractivity (Wildman–Crippen MR) is 70.5 cm³/mol. The molecule has 96 valence electrons. The first-order valence-corrected chi connectivity index (χ1v) is 6.84. The smallest absolute Gasteiger partial charge is 0.309 e. The molecule has 1 aromatic heterocycles. The summed E-state index contributed by atoms with van der Waals surface area (Å²) in [6.45, 7) is 4.06. The summed E-state index contributed by atoms with van der Waals surface area (Å²) in [6.07, 6.45) is 0. The van der Waals surface area contributed by atoms with Crippen molar-refractivity contribution in [2.45, 2.75) is 19.1 Å². The number of aromatic nitrogens is 1. The maximum absolute atomic E-state index is 11.4. The zero-order valence-corrected chi connectivity index (χ0v) is 11.2. The number of ether oxygens (including phenoxy) is 1. The Kier molecular flexibility index (Phi) is 4.25. The molecule has 1 heterocycles. The molecular weight excluding hydrogens is 250 g/mol. The van der Waals surface area contributed by atoms with Crippen molar-refractivity contribution in [3.05, 3.63) is 24.3 Å². The van der Waals surface area contributed by atoms with E-state index in [9.17, 15) is 4.79 Å². The lowest BCUT2D eigenvalue weighted by Crippen LogP contribution is -2.16. The number of para-hydroxylation sites is 2. The van der Waals surface area contributed by atoms with E-state index in [0.717, 1.165) is 11.1 Å². The molecule has 0 radical (unpaired) electrons. The number of hydrogen-bond acceptors (Lipinski definition) is 5. The molecule has 0 spiro atoms. The quantitative estimate of drug-likeness (QED) is 0.614. The number of rotatable bonds is 5. The summed E-state index contributed by atoms with van der Waals surface area (Å²) in [4.78, 5) is 15.8. The van der Waals surface area contributed by atoms with Crippen LogP contribution in [-0.4, -0.2) is 23.3 Å². The summed E-state index contributed by atoms with van der Waals surface area (Å²) >= 11 is 1.43. The van der Waals surface area contributed by atoms with Crippen LogP contribution in [0.15, 0.2) is 33.9 Å². The third-order valence-corrected chi connectivity index (χ3v) is 3.51. The van der Waals surface area contributed by atoms with Crippen molar-refractivity contribution >= 4 is 28.8 Å². The number of fused-ring (bicyclic) bond motifs is 1. The standard InChI is InChI=1S/C13H15NO3S/c1-3-16-12(15)9(2)8-18-13-14-10-6-4-5-7-11(10)17-13/h4-7,9H,3,8H2,1-2H3. The van der Waals surface area contributed by atoms with Crippen molar-refractivity contribution in [3.8, 4) is 0 Å². The molecule has 1 atom stereocenters. The Balaban J connectivity index is 1.95. The summed E-state index contributed by atoms with van der Waals surface area (Å²) in [5, 5.41) is 0.590. The Hall–Kier alpha value is -1.49.